The number of ketones is 1. The lowest BCUT2D eigenvalue weighted by molar-refractivity contribution is 0.0948. The average molecular weight is 431 g/mol. The van der Waals surface area contributed by atoms with Gasteiger partial charge in [-0.1, -0.05) is 60.7 Å². The minimum absolute atomic E-state index is 0.117. The zero-order valence-corrected chi connectivity index (χ0v) is 18.0. The Balaban J connectivity index is 1.62. The Morgan fingerprint density at radius 3 is 2.25 bits per heavy atom. The number of ether oxygens (including phenoxy) is 2. The topological polar surface area (TPSA) is 81.9 Å². The van der Waals surface area contributed by atoms with Gasteiger partial charge in [-0.2, -0.15) is 0 Å². The summed E-state index contributed by atoms with van der Waals surface area (Å²) in [6, 6.07) is 22.2. The molecule has 6 heteroatoms. The standard InChI is InChI=1S/C26H26N2O4/c1-28(26(30)32-17-19-10-6-3-7-11-19)24-20-12-14-22(27)25(29)21(20)13-15-23(24)31-16-18-8-4-2-5-9-18/h2-11,13,15,22H,12,14,16-17,27H2,1H3. The van der Waals surface area contributed by atoms with Crippen LogP contribution in [0.5, 0.6) is 5.75 Å². The number of fused-ring (bicyclic) bond motifs is 1. The summed E-state index contributed by atoms with van der Waals surface area (Å²) >= 11 is 0. The average Bonchev–Trinajstić information content (AvgIpc) is 2.84. The van der Waals surface area contributed by atoms with Gasteiger partial charge in [0.05, 0.1) is 11.7 Å². The Hall–Kier alpha value is -3.64. The van der Waals surface area contributed by atoms with Crippen LogP contribution in [-0.4, -0.2) is 25.0 Å². The van der Waals surface area contributed by atoms with Crippen LogP contribution >= 0.6 is 0 Å². The van der Waals surface area contributed by atoms with Gasteiger partial charge in [-0.15, -0.1) is 0 Å². The van der Waals surface area contributed by atoms with Gasteiger partial charge in [0.2, 0.25) is 0 Å². The Morgan fingerprint density at radius 2 is 1.59 bits per heavy atom. The predicted molar refractivity (Wildman–Crippen MR) is 123 cm³/mol. The summed E-state index contributed by atoms with van der Waals surface area (Å²) in [5, 5.41) is 0. The van der Waals surface area contributed by atoms with Gasteiger partial charge in [0.15, 0.2) is 5.78 Å². The van der Waals surface area contributed by atoms with Crippen molar-refractivity contribution in [1.29, 1.82) is 0 Å². The van der Waals surface area contributed by atoms with Crippen molar-refractivity contribution in [3.63, 3.8) is 0 Å². The van der Waals surface area contributed by atoms with Gasteiger partial charge < -0.3 is 15.2 Å². The molecule has 1 aliphatic carbocycles. The van der Waals surface area contributed by atoms with E-state index >= 15 is 0 Å². The van der Waals surface area contributed by atoms with Crippen molar-refractivity contribution in [2.24, 2.45) is 5.73 Å². The highest BCUT2D eigenvalue weighted by molar-refractivity contribution is 6.05. The van der Waals surface area contributed by atoms with E-state index in [1.165, 1.54) is 4.90 Å². The second kappa shape index (κ2) is 9.66. The summed E-state index contributed by atoms with van der Waals surface area (Å²) < 4.78 is 11.6. The number of rotatable bonds is 6. The number of nitrogens with zero attached hydrogens (tertiary/aromatic N) is 1. The molecule has 6 nitrogen and oxygen atoms in total. The first kappa shape index (κ1) is 21.6. The Labute approximate surface area is 187 Å². The Kier molecular flexibility index (Phi) is 6.52. The highest BCUT2D eigenvalue weighted by Gasteiger charge is 2.31. The molecule has 1 unspecified atom stereocenters. The number of amides is 1. The first-order valence-corrected chi connectivity index (χ1v) is 10.6. The number of anilines is 1. The Morgan fingerprint density at radius 1 is 0.969 bits per heavy atom. The molecule has 1 aliphatic rings. The number of Topliss-reactive ketones (excluding diaryl/α,β-unsaturated/α-hetero) is 1. The molecule has 32 heavy (non-hydrogen) atoms. The molecule has 3 aromatic rings. The maximum atomic E-state index is 12.9. The highest BCUT2D eigenvalue weighted by atomic mass is 16.6. The molecule has 0 aliphatic heterocycles. The van der Waals surface area contributed by atoms with Crippen LogP contribution in [0.25, 0.3) is 0 Å². The number of carbonyl (C=O) groups is 2. The first-order chi connectivity index (χ1) is 15.5. The molecule has 0 saturated carbocycles. The molecule has 0 aromatic heterocycles. The normalized spacial score (nSPS) is 15.1. The summed E-state index contributed by atoms with van der Waals surface area (Å²) in [5.74, 6) is 0.406. The first-order valence-electron chi connectivity index (χ1n) is 10.6. The van der Waals surface area contributed by atoms with Crippen molar-refractivity contribution in [1.82, 2.24) is 0 Å². The number of carbonyl (C=O) groups excluding carboxylic acids is 2. The zero-order valence-electron chi connectivity index (χ0n) is 18.0. The third kappa shape index (κ3) is 4.65. The van der Waals surface area contributed by atoms with Crippen molar-refractivity contribution in [3.05, 3.63) is 95.1 Å². The Bertz CT molecular complexity index is 1100. The number of nitrogens with two attached hydrogens (primary N) is 1. The van der Waals surface area contributed by atoms with Crippen LogP contribution in [0.2, 0.25) is 0 Å². The molecule has 1 atom stereocenters. The van der Waals surface area contributed by atoms with E-state index < -0.39 is 12.1 Å². The van der Waals surface area contributed by atoms with Crippen molar-refractivity contribution in [3.8, 4) is 5.75 Å². The summed E-state index contributed by atoms with van der Waals surface area (Å²) in [4.78, 5) is 27.0. The van der Waals surface area contributed by atoms with E-state index in [0.29, 0.717) is 36.4 Å². The van der Waals surface area contributed by atoms with Gasteiger partial charge in [-0.3, -0.25) is 9.69 Å². The maximum absolute atomic E-state index is 12.9. The predicted octanol–water partition coefficient (Wildman–Crippen LogP) is 4.49. The van der Waals surface area contributed by atoms with Gasteiger partial charge in [0.1, 0.15) is 19.0 Å². The molecular weight excluding hydrogens is 404 g/mol. The largest absolute Gasteiger partial charge is 0.487 e. The second-order valence-electron chi connectivity index (χ2n) is 7.82. The molecule has 0 fully saturated rings. The fourth-order valence-electron chi connectivity index (χ4n) is 3.86. The molecule has 0 bridgehead atoms. The van der Waals surface area contributed by atoms with Crippen LogP contribution in [0.1, 0.15) is 33.5 Å². The van der Waals surface area contributed by atoms with Crippen LogP contribution in [0.4, 0.5) is 10.5 Å². The van der Waals surface area contributed by atoms with Gasteiger partial charge in [0, 0.05) is 12.6 Å². The molecule has 3 aromatic carbocycles. The van der Waals surface area contributed by atoms with Crippen molar-refractivity contribution >= 4 is 17.6 Å². The molecule has 164 valence electrons. The summed E-state index contributed by atoms with van der Waals surface area (Å²) in [6.07, 6.45) is 0.582. The van der Waals surface area contributed by atoms with Crippen molar-refractivity contribution in [2.45, 2.75) is 32.1 Å². The maximum Gasteiger partial charge on any atom is 0.414 e. The van der Waals surface area contributed by atoms with Crippen LogP contribution in [0.3, 0.4) is 0 Å². The van der Waals surface area contributed by atoms with E-state index in [1.54, 1.807) is 19.2 Å². The monoisotopic (exact) mass is 430 g/mol. The lowest BCUT2D eigenvalue weighted by atomic mass is 9.86. The number of hydrogen-bond donors (Lipinski definition) is 1. The van der Waals surface area contributed by atoms with Crippen LogP contribution < -0.4 is 15.4 Å². The minimum atomic E-state index is -0.526. The third-order valence-corrected chi connectivity index (χ3v) is 5.60. The van der Waals surface area contributed by atoms with E-state index in [2.05, 4.69) is 0 Å². The molecule has 1 amide bonds. The summed E-state index contributed by atoms with van der Waals surface area (Å²) in [7, 11) is 1.64. The SMILES string of the molecule is CN(C(=O)OCc1ccccc1)c1c(OCc2ccccc2)ccc2c1CCC(N)C2=O. The van der Waals surface area contributed by atoms with Gasteiger partial charge in [-0.05, 0) is 41.7 Å². The zero-order chi connectivity index (χ0) is 22.5. The fraction of sp³-hybridized carbons (Fsp3) is 0.231. The molecule has 0 spiro atoms. The van der Waals surface area contributed by atoms with E-state index in [1.807, 2.05) is 60.7 Å². The van der Waals surface area contributed by atoms with Crippen LogP contribution in [0.15, 0.2) is 72.8 Å². The van der Waals surface area contributed by atoms with E-state index in [4.69, 9.17) is 15.2 Å². The molecule has 2 N–H and O–H groups in total. The smallest absolute Gasteiger partial charge is 0.414 e. The molecule has 0 heterocycles. The van der Waals surface area contributed by atoms with Gasteiger partial charge in [-0.25, -0.2) is 4.79 Å². The molecule has 4 rings (SSSR count). The van der Waals surface area contributed by atoms with Crippen LogP contribution in [-0.2, 0) is 24.4 Å². The summed E-state index contributed by atoms with van der Waals surface area (Å²) in [6.45, 7) is 0.496. The van der Waals surface area contributed by atoms with Crippen molar-refractivity contribution in [2.75, 3.05) is 11.9 Å². The molecule has 0 radical (unpaired) electrons. The lowest BCUT2D eigenvalue weighted by Gasteiger charge is -2.28. The molecule has 0 saturated heterocycles. The summed E-state index contributed by atoms with van der Waals surface area (Å²) in [5.41, 5.74) is 9.73. The lowest BCUT2D eigenvalue weighted by Crippen LogP contribution is -2.37. The molecular formula is C26H26N2O4. The number of benzene rings is 3. The van der Waals surface area contributed by atoms with Crippen LogP contribution in [0, 0.1) is 0 Å². The highest BCUT2D eigenvalue weighted by Crippen LogP contribution is 2.38. The number of hydrogen-bond acceptors (Lipinski definition) is 5. The third-order valence-electron chi connectivity index (χ3n) is 5.60. The van der Waals surface area contributed by atoms with Gasteiger partial charge >= 0.3 is 6.09 Å². The fourth-order valence-corrected chi connectivity index (χ4v) is 3.86. The van der Waals surface area contributed by atoms with Crippen molar-refractivity contribution < 1.29 is 19.1 Å². The van der Waals surface area contributed by atoms with E-state index in [0.717, 1.165) is 16.7 Å². The van der Waals surface area contributed by atoms with E-state index in [9.17, 15) is 9.59 Å². The quantitative estimate of drug-likeness (QED) is 0.623. The van der Waals surface area contributed by atoms with E-state index in [-0.39, 0.29) is 12.4 Å². The second-order valence-corrected chi connectivity index (χ2v) is 7.82. The minimum Gasteiger partial charge on any atom is -0.487 e. The van der Waals surface area contributed by atoms with Gasteiger partial charge in [0.25, 0.3) is 0 Å².